The molecule has 0 atom stereocenters. The van der Waals surface area contributed by atoms with Crippen molar-refractivity contribution in [3.8, 4) is 11.5 Å². The minimum Gasteiger partial charge on any atom is -0.454 e. The summed E-state index contributed by atoms with van der Waals surface area (Å²) in [5.74, 6) is 1.10. The molecule has 2 aromatic carbocycles. The molecule has 0 aliphatic carbocycles. The molecule has 21 heavy (non-hydrogen) atoms. The highest BCUT2D eigenvalue weighted by Crippen LogP contribution is 2.34. The van der Waals surface area contributed by atoms with Gasteiger partial charge in [0, 0.05) is 23.5 Å². The monoisotopic (exact) mass is 282 g/mol. The van der Waals surface area contributed by atoms with Crippen molar-refractivity contribution in [1.82, 2.24) is 0 Å². The third-order valence-corrected chi connectivity index (χ3v) is 3.00. The van der Waals surface area contributed by atoms with Crippen molar-refractivity contribution in [2.75, 3.05) is 17.8 Å². The van der Waals surface area contributed by atoms with Gasteiger partial charge in [0.25, 0.3) is 0 Å². The number of nitrogens with two attached hydrogens (primary N) is 1. The van der Waals surface area contributed by atoms with Crippen LogP contribution in [0.5, 0.6) is 11.5 Å². The highest BCUT2D eigenvalue weighted by atomic mass is 16.7. The molecule has 2 aromatic rings. The Morgan fingerprint density at radius 2 is 1.86 bits per heavy atom. The van der Waals surface area contributed by atoms with Gasteiger partial charge in [-0.2, -0.15) is 0 Å². The van der Waals surface area contributed by atoms with Crippen LogP contribution in [-0.4, -0.2) is 12.7 Å². The molecular formula is C16H14N2O3. The first-order valence-electron chi connectivity index (χ1n) is 6.45. The van der Waals surface area contributed by atoms with Gasteiger partial charge < -0.3 is 20.5 Å². The van der Waals surface area contributed by atoms with Gasteiger partial charge in [0.15, 0.2) is 11.5 Å². The molecule has 0 aromatic heterocycles. The maximum Gasteiger partial charge on any atom is 0.248 e. The quantitative estimate of drug-likeness (QED) is 0.670. The summed E-state index contributed by atoms with van der Waals surface area (Å²) in [6, 6.07) is 12.5. The number of carbonyl (C=O) groups is 1. The zero-order valence-electron chi connectivity index (χ0n) is 11.2. The van der Waals surface area contributed by atoms with Crippen molar-refractivity contribution < 1.29 is 14.3 Å². The van der Waals surface area contributed by atoms with Gasteiger partial charge in [-0.05, 0) is 35.9 Å². The smallest absolute Gasteiger partial charge is 0.248 e. The summed E-state index contributed by atoms with van der Waals surface area (Å²) < 4.78 is 10.5. The summed E-state index contributed by atoms with van der Waals surface area (Å²) in [6.45, 7) is 0.212. The van der Waals surface area contributed by atoms with Crippen LogP contribution in [-0.2, 0) is 4.79 Å². The second-order valence-corrected chi connectivity index (χ2v) is 4.56. The highest BCUT2D eigenvalue weighted by molar-refractivity contribution is 6.02. The number of anilines is 2. The van der Waals surface area contributed by atoms with E-state index in [1.54, 1.807) is 36.4 Å². The van der Waals surface area contributed by atoms with Crippen LogP contribution >= 0.6 is 0 Å². The van der Waals surface area contributed by atoms with E-state index in [0.29, 0.717) is 22.9 Å². The van der Waals surface area contributed by atoms with Crippen LogP contribution in [0, 0.1) is 0 Å². The van der Waals surface area contributed by atoms with E-state index in [9.17, 15) is 4.79 Å². The maximum atomic E-state index is 11.9. The first-order valence-corrected chi connectivity index (χ1v) is 6.45. The maximum absolute atomic E-state index is 11.9. The first-order chi connectivity index (χ1) is 10.2. The number of fused-ring (bicyclic) bond motifs is 1. The Balaban J connectivity index is 1.65. The molecule has 0 unspecified atom stereocenters. The summed E-state index contributed by atoms with van der Waals surface area (Å²) in [7, 11) is 0. The number of nitrogens with one attached hydrogen (secondary N) is 1. The fraction of sp³-hybridized carbons (Fsp3) is 0.0625. The van der Waals surface area contributed by atoms with Crippen molar-refractivity contribution in [1.29, 1.82) is 0 Å². The average molecular weight is 282 g/mol. The standard InChI is InChI=1S/C16H14N2O3/c17-12-4-1-11(2-5-12)3-8-16(19)18-13-6-7-14-15(9-13)21-10-20-14/h1-9H,10,17H2,(H,18,19)/b8-3+. The Morgan fingerprint density at radius 3 is 2.67 bits per heavy atom. The van der Waals surface area contributed by atoms with Crippen molar-refractivity contribution in [2.24, 2.45) is 0 Å². The van der Waals surface area contributed by atoms with Crippen LogP contribution in [0.4, 0.5) is 11.4 Å². The zero-order chi connectivity index (χ0) is 14.7. The third-order valence-electron chi connectivity index (χ3n) is 3.00. The Labute approximate surface area is 122 Å². The van der Waals surface area contributed by atoms with Crippen LogP contribution in [0.25, 0.3) is 6.08 Å². The largest absolute Gasteiger partial charge is 0.454 e. The van der Waals surface area contributed by atoms with E-state index in [1.807, 2.05) is 12.1 Å². The predicted molar refractivity (Wildman–Crippen MR) is 81.1 cm³/mol. The van der Waals surface area contributed by atoms with Gasteiger partial charge in [-0.15, -0.1) is 0 Å². The number of ether oxygens (including phenoxy) is 2. The number of benzene rings is 2. The molecular weight excluding hydrogens is 268 g/mol. The van der Waals surface area contributed by atoms with E-state index < -0.39 is 0 Å². The van der Waals surface area contributed by atoms with E-state index in [-0.39, 0.29) is 12.7 Å². The van der Waals surface area contributed by atoms with Crippen molar-refractivity contribution in [3.63, 3.8) is 0 Å². The van der Waals surface area contributed by atoms with Crippen molar-refractivity contribution in [3.05, 3.63) is 54.1 Å². The number of nitrogen functional groups attached to an aromatic ring is 1. The number of carbonyl (C=O) groups excluding carboxylic acids is 1. The first kappa shape index (κ1) is 13.1. The summed E-state index contributed by atoms with van der Waals surface area (Å²) in [5, 5.41) is 2.77. The van der Waals surface area contributed by atoms with Crippen LogP contribution in [0.2, 0.25) is 0 Å². The lowest BCUT2D eigenvalue weighted by Gasteiger charge is -2.03. The Bertz CT molecular complexity index is 693. The molecule has 0 radical (unpaired) electrons. The lowest BCUT2D eigenvalue weighted by Crippen LogP contribution is -2.07. The van der Waals surface area contributed by atoms with Gasteiger partial charge in [0.1, 0.15) is 0 Å². The molecule has 0 saturated heterocycles. The van der Waals surface area contributed by atoms with Gasteiger partial charge in [-0.3, -0.25) is 4.79 Å². The topological polar surface area (TPSA) is 73.6 Å². The Hall–Kier alpha value is -2.95. The predicted octanol–water partition coefficient (Wildman–Crippen LogP) is 2.65. The van der Waals surface area contributed by atoms with Gasteiger partial charge in [0.05, 0.1) is 0 Å². The molecule has 106 valence electrons. The molecule has 3 rings (SSSR count). The van der Waals surface area contributed by atoms with E-state index >= 15 is 0 Å². The number of amides is 1. The Kier molecular flexibility index (Phi) is 3.47. The summed E-state index contributed by atoms with van der Waals surface area (Å²) in [5.41, 5.74) is 7.86. The molecule has 3 N–H and O–H groups in total. The number of hydrogen-bond donors (Lipinski definition) is 2. The van der Waals surface area contributed by atoms with E-state index in [1.165, 1.54) is 6.08 Å². The molecule has 0 saturated carbocycles. The molecule has 1 amide bonds. The van der Waals surface area contributed by atoms with Crippen molar-refractivity contribution >= 4 is 23.4 Å². The molecule has 1 aliphatic heterocycles. The van der Waals surface area contributed by atoms with E-state index in [0.717, 1.165) is 5.56 Å². The number of hydrogen-bond acceptors (Lipinski definition) is 4. The van der Waals surface area contributed by atoms with Crippen LogP contribution in [0.15, 0.2) is 48.5 Å². The van der Waals surface area contributed by atoms with Gasteiger partial charge >= 0.3 is 0 Å². The minimum atomic E-state index is -0.217. The third kappa shape index (κ3) is 3.14. The summed E-state index contributed by atoms with van der Waals surface area (Å²) in [6.07, 6.45) is 3.19. The highest BCUT2D eigenvalue weighted by Gasteiger charge is 2.13. The van der Waals surface area contributed by atoms with Gasteiger partial charge in [-0.1, -0.05) is 12.1 Å². The molecule has 0 fully saturated rings. The van der Waals surface area contributed by atoms with Gasteiger partial charge in [-0.25, -0.2) is 0 Å². The molecule has 1 heterocycles. The molecule has 0 bridgehead atoms. The lowest BCUT2D eigenvalue weighted by atomic mass is 10.2. The summed E-state index contributed by atoms with van der Waals surface area (Å²) in [4.78, 5) is 11.9. The summed E-state index contributed by atoms with van der Waals surface area (Å²) >= 11 is 0. The van der Waals surface area contributed by atoms with Crippen LogP contribution < -0.4 is 20.5 Å². The van der Waals surface area contributed by atoms with Gasteiger partial charge in [0.2, 0.25) is 12.7 Å². The number of rotatable bonds is 3. The van der Waals surface area contributed by atoms with Crippen molar-refractivity contribution in [2.45, 2.75) is 0 Å². The average Bonchev–Trinajstić information content (AvgIpc) is 2.94. The minimum absolute atomic E-state index is 0.212. The SMILES string of the molecule is Nc1ccc(/C=C/C(=O)Nc2ccc3c(c2)OCO3)cc1. The van der Waals surface area contributed by atoms with Crippen LogP contribution in [0.1, 0.15) is 5.56 Å². The zero-order valence-corrected chi connectivity index (χ0v) is 11.2. The second kappa shape index (κ2) is 5.58. The van der Waals surface area contributed by atoms with E-state index in [2.05, 4.69) is 5.32 Å². The second-order valence-electron chi connectivity index (χ2n) is 4.56. The normalized spacial score (nSPS) is 12.6. The molecule has 5 heteroatoms. The molecule has 0 spiro atoms. The van der Waals surface area contributed by atoms with Crippen LogP contribution in [0.3, 0.4) is 0 Å². The fourth-order valence-electron chi connectivity index (χ4n) is 1.94. The lowest BCUT2D eigenvalue weighted by molar-refractivity contribution is -0.111. The molecule has 1 aliphatic rings. The Morgan fingerprint density at radius 1 is 1.10 bits per heavy atom. The van der Waals surface area contributed by atoms with E-state index in [4.69, 9.17) is 15.2 Å². The molecule has 5 nitrogen and oxygen atoms in total. The fourth-order valence-corrected chi connectivity index (χ4v) is 1.94.